The van der Waals surface area contributed by atoms with Crippen molar-refractivity contribution in [3.05, 3.63) is 192 Å². The Morgan fingerprint density at radius 2 is 1.58 bits per heavy atom. The molecule has 1 fully saturated rings. The second-order valence-electron chi connectivity index (χ2n) is 14.5. The van der Waals surface area contributed by atoms with Crippen LogP contribution in [0.25, 0.3) is 33.7 Å². The van der Waals surface area contributed by atoms with Gasteiger partial charge in [-0.15, -0.1) is 0 Å². The molecule has 0 N–H and O–H groups in total. The van der Waals surface area contributed by atoms with Crippen molar-refractivity contribution in [1.29, 1.82) is 0 Å². The molecule has 3 heteroatoms. The van der Waals surface area contributed by atoms with Crippen LogP contribution in [0.4, 0.5) is 0 Å². The van der Waals surface area contributed by atoms with Crippen molar-refractivity contribution in [2.24, 2.45) is 5.92 Å². The Balaban J connectivity index is 0.933. The molecule has 5 aliphatic carbocycles. The van der Waals surface area contributed by atoms with Crippen LogP contribution >= 0.6 is 0 Å². The average Bonchev–Trinajstić information content (AvgIpc) is 3.51. The fraction of sp³-hybridized carbons (Fsp3) is 0.191. The zero-order chi connectivity index (χ0) is 33.1. The summed E-state index contributed by atoms with van der Waals surface area (Å²) in [5.41, 5.74) is 14.9. The van der Waals surface area contributed by atoms with Crippen LogP contribution in [0, 0.1) is 5.92 Å². The molecular weight excluding hydrogens is 607 g/mol. The van der Waals surface area contributed by atoms with Gasteiger partial charge in [0, 0.05) is 40.3 Å². The average molecular weight is 646 g/mol. The molecule has 1 aromatic heterocycles. The highest BCUT2D eigenvalue weighted by Gasteiger charge is 2.48. The van der Waals surface area contributed by atoms with Gasteiger partial charge in [-0.1, -0.05) is 140 Å². The van der Waals surface area contributed by atoms with Crippen molar-refractivity contribution in [3.8, 4) is 22.5 Å². The van der Waals surface area contributed by atoms with Crippen molar-refractivity contribution in [3.63, 3.8) is 0 Å². The minimum Gasteiger partial charge on any atom is -0.339 e. The van der Waals surface area contributed by atoms with Crippen molar-refractivity contribution in [2.45, 2.75) is 49.5 Å². The molecule has 3 aromatic carbocycles. The van der Waals surface area contributed by atoms with Crippen LogP contribution in [-0.2, 0) is 0 Å². The topological polar surface area (TPSA) is 29.0 Å². The number of allylic oxidation sites excluding steroid dienone is 14. The van der Waals surface area contributed by atoms with Gasteiger partial charge < -0.3 is 4.90 Å². The summed E-state index contributed by atoms with van der Waals surface area (Å²) in [7, 11) is 0. The predicted molar refractivity (Wildman–Crippen MR) is 205 cm³/mol. The Labute approximate surface area is 294 Å². The van der Waals surface area contributed by atoms with Crippen molar-refractivity contribution in [1.82, 2.24) is 14.9 Å². The van der Waals surface area contributed by atoms with E-state index in [0.717, 1.165) is 54.7 Å². The van der Waals surface area contributed by atoms with Crippen LogP contribution < -0.4 is 0 Å². The molecule has 1 aliphatic heterocycles. The number of benzene rings is 3. The molecule has 4 unspecified atom stereocenters. The van der Waals surface area contributed by atoms with Crippen LogP contribution in [0.3, 0.4) is 0 Å². The standard InChI is InChI=1S/C47H39N3/c1-3-11-32(12-4-1)34-25-27-47(28-26-34)30-37-29-36(23-24-44(37)50(47)38-13-5-2-6-14-38)33-19-21-35(22-20-33)43-31-48-45-41-17-9-7-15-39(41)40-16-8-10-18-42(40)46(45)49-43/h1-5,7-13,15-27,31,37,39,41H,6,14,28-30H2. The van der Waals surface area contributed by atoms with Gasteiger partial charge in [0.25, 0.3) is 0 Å². The smallest absolute Gasteiger partial charge is 0.0934 e. The second-order valence-corrected chi connectivity index (χ2v) is 14.5. The molecule has 242 valence electrons. The Kier molecular flexibility index (Phi) is 6.94. The van der Waals surface area contributed by atoms with E-state index in [1.807, 2.05) is 6.20 Å². The summed E-state index contributed by atoms with van der Waals surface area (Å²) >= 11 is 0. The van der Waals surface area contributed by atoms with Gasteiger partial charge in [-0.2, -0.15) is 0 Å². The second kappa shape index (κ2) is 11.8. The first-order valence-electron chi connectivity index (χ1n) is 18.2. The largest absolute Gasteiger partial charge is 0.339 e. The lowest BCUT2D eigenvalue weighted by atomic mass is 9.73. The van der Waals surface area contributed by atoms with Gasteiger partial charge in [0.15, 0.2) is 0 Å². The molecule has 10 rings (SSSR count). The quantitative estimate of drug-likeness (QED) is 0.221. The summed E-state index contributed by atoms with van der Waals surface area (Å²) in [6, 6.07) is 28.5. The van der Waals surface area contributed by atoms with E-state index < -0.39 is 0 Å². The molecule has 2 heterocycles. The first-order chi connectivity index (χ1) is 24.7. The van der Waals surface area contributed by atoms with Crippen molar-refractivity contribution < 1.29 is 0 Å². The van der Waals surface area contributed by atoms with Gasteiger partial charge >= 0.3 is 0 Å². The van der Waals surface area contributed by atoms with Gasteiger partial charge in [-0.25, -0.2) is 4.98 Å². The predicted octanol–water partition coefficient (Wildman–Crippen LogP) is 11.1. The first-order valence-corrected chi connectivity index (χ1v) is 18.2. The number of rotatable bonds is 4. The third-order valence-corrected chi connectivity index (χ3v) is 11.7. The molecule has 4 aromatic rings. The molecule has 50 heavy (non-hydrogen) atoms. The number of hydrogen-bond donors (Lipinski definition) is 0. The highest BCUT2D eigenvalue weighted by atomic mass is 15.3. The van der Waals surface area contributed by atoms with Crippen LogP contribution in [-0.4, -0.2) is 20.4 Å². The normalized spacial score (nSPS) is 25.6. The maximum Gasteiger partial charge on any atom is 0.0934 e. The minimum atomic E-state index is -0.0214. The maximum absolute atomic E-state index is 5.26. The lowest BCUT2D eigenvalue weighted by Crippen LogP contribution is -2.41. The molecular formula is C47H39N3. The molecule has 1 saturated heterocycles. The van der Waals surface area contributed by atoms with Gasteiger partial charge in [-0.05, 0) is 72.1 Å². The number of aromatic nitrogens is 2. The number of hydrogen-bond acceptors (Lipinski definition) is 3. The zero-order valence-electron chi connectivity index (χ0n) is 28.1. The Hall–Kier alpha value is -5.54. The first kappa shape index (κ1) is 29.4. The van der Waals surface area contributed by atoms with Gasteiger partial charge in [-0.3, -0.25) is 4.98 Å². The van der Waals surface area contributed by atoms with E-state index >= 15 is 0 Å². The summed E-state index contributed by atoms with van der Waals surface area (Å²) in [5, 5.41) is 0. The molecule has 0 saturated carbocycles. The Bertz CT molecular complexity index is 2260. The Morgan fingerprint density at radius 1 is 0.760 bits per heavy atom. The summed E-state index contributed by atoms with van der Waals surface area (Å²) in [5.74, 6) is 1.03. The van der Waals surface area contributed by atoms with E-state index in [9.17, 15) is 0 Å². The van der Waals surface area contributed by atoms with Crippen LogP contribution in [0.15, 0.2) is 169 Å². The molecule has 4 atom stereocenters. The monoisotopic (exact) mass is 645 g/mol. The molecule has 0 bridgehead atoms. The van der Waals surface area contributed by atoms with Crippen LogP contribution in [0.1, 0.15) is 66.3 Å². The van der Waals surface area contributed by atoms with E-state index in [0.29, 0.717) is 11.8 Å². The SMILES string of the molecule is C1=CCCC(N2C3=CC=C(c4ccc(-c5cnc6c(n5)-c5ccccc5C5C=CC=CC65)cc4)CC3CC23C=CC(c2ccccc2)=CC3)=C1. The van der Waals surface area contributed by atoms with E-state index in [1.54, 1.807) is 0 Å². The van der Waals surface area contributed by atoms with E-state index in [1.165, 1.54) is 44.8 Å². The van der Waals surface area contributed by atoms with Gasteiger partial charge in [0.05, 0.1) is 28.8 Å². The third-order valence-electron chi connectivity index (χ3n) is 11.7. The number of nitrogens with zero attached hydrogens (tertiary/aromatic N) is 3. The lowest BCUT2D eigenvalue weighted by molar-refractivity contribution is 0.261. The lowest BCUT2D eigenvalue weighted by Gasteiger charge is -2.41. The molecule has 6 aliphatic rings. The molecule has 0 radical (unpaired) electrons. The summed E-state index contributed by atoms with van der Waals surface area (Å²) < 4.78 is 0. The van der Waals surface area contributed by atoms with E-state index in [2.05, 4.69) is 157 Å². The highest BCUT2D eigenvalue weighted by Crippen LogP contribution is 2.54. The van der Waals surface area contributed by atoms with Crippen molar-refractivity contribution >= 4 is 11.1 Å². The molecule has 3 nitrogen and oxygen atoms in total. The zero-order valence-corrected chi connectivity index (χ0v) is 28.1. The number of fused-ring (bicyclic) bond motifs is 7. The highest BCUT2D eigenvalue weighted by molar-refractivity contribution is 5.78. The molecule has 0 amide bonds. The van der Waals surface area contributed by atoms with Gasteiger partial charge in [0.1, 0.15) is 0 Å². The summed E-state index contributed by atoms with van der Waals surface area (Å²) in [6.07, 6.45) is 35.3. The van der Waals surface area contributed by atoms with Gasteiger partial charge in [0.2, 0.25) is 0 Å². The van der Waals surface area contributed by atoms with Crippen LogP contribution in [0.2, 0.25) is 0 Å². The minimum absolute atomic E-state index is 0.0214. The third kappa shape index (κ3) is 4.79. The molecule has 1 spiro atoms. The van der Waals surface area contributed by atoms with E-state index in [4.69, 9.17) is 9.97 Å². The summed E-state index contributed by atoms with van der Waals surface area (Å²) in [6.45, 7) is 0. The number of likely N-dealkylation sites (tertiary alicyclic amines) is 1. The van der Waals surface area contributed by atoms with Crippen molar-refractivity contribution in [2.75, 3.05) is 0 Å². The summed E-state index contributed by atoms with van der Waals surface area (Å²) in [4.78, 5) is 13.0. The van der Waals surface area contributed by atoms with E-state index in [-0.39, 0.29) is 11.5 Å². The van der Waals surface area contributed by atoms with Crippen LogP contribution in [0.5, 0.6) is 0 Å². The fourth-order valence-electron chi connectivity index (χ4n) is 9.24. The Morgan fingerprint density at radius 3 is 2.40 bits per heavy atom. The fourth-order valence-corrected chi connectivity index (χ4v) is 9.24. The maximum atomic E-state index is 5.26.